The molecule has 98 valence electrons. The van der Waals surface area contributed by atoms with Gasteiger partial charge in [0.05, 0.1) is 12.1 Å². The van der Waals surface area contributed by atoms with Crippen LogP contribution in [-0.2, 0) is 4.79 Å². The molecule has 0 bridgehead atoms. The molecule has 0 aliphatic rings. The third kappa shape index (κ3) is 3.99. The molecule has 1 rings (SSSR count). The van der Waals surface area contributed by atoms with Crippen LogP contribution in [0.25, 0.3) is 0 Å². The van der Waals surface area contributed by atoms with Gasteiger partial charge in [-0.1, -0.05) is 11.6 Å². The van der Waals surface area contributed by atoms with E-state index in [9.17, 15) is 9.59 Å². The van der Waals surface area contributed by atoms with E-state index in [-0.39, 0.29) is 18.4 Å². The van der Waals surface area contributed by atoms with Crippen molar-refractivity contribution in [3.63, 3.8) is 0 Å². The van der Waals surface area contributed by atoms with Crippen molar-refractivity contribution in [2.24, 2.45) is 0 Å². The van der Waals surface area contributed by atoms with Crippen molar-refractivity contribution in [3.8, 4) is 0 Å². The molecular weight excluding hydrogens is 320 g/mol. The van der Waals surface area contributed by atoms with Crippen LogP contribution in [0.1, 0.15) is 17.3 Å². The van der Waals surface area contributed by atoms with E-state index in [4.69, 9.17) is 11.6 Å². The number of likely N-dealkylation sites (N-methyl/N-ethyl adjacent to an activating group) is 1. The Bertz CT molecular complexity index is 465. The van der Waals surface area contributed by atoms with Gasteiger partial charge in [-0.05, 0) is 41.1 Å². The fraction of sp³-hybridized carbons (Fsp3) is 0.333. The lowest BCUT2D eigenvalue weighted by atomic mass is 10.2. The summed E-state index contributed by atoms with van der Waals surface area (Å²) < 4.78 is 0.640. The number of nitrogens with one attached hydrogen (secondary N) is 1. The van der Waals surface area contributed by atoms with Crippen LogP contribution in [0.5, 0.6) is 0 Å². The first-order valence-electron chi connectivity index (χ1n) is 5.43. The maximum Gasteiger partial charge on any atom is 0.252 e. The molecule has 6 heteroatoms. The summed E-state index contributed by atoms with van der Waals surface area (Å²) in [5, 5.41) is 3.04. The molecule has 0 saturated heterocycles. The van der Waals surface area contributed by atoms with E-state index in [1.54, 1.807) is 25.2 Å². The molecule has 0 spiro atoms. The molecule has 0 aliphatic carbocycles. The minimum Gasteiger partial charge on any atom is -0.345 e. The minimum absolute atomic E-state index is 0.0257. The van der Waals surface area contributed by atoms with Crippen molar-refractivity contribution in [3.05, 3.63) is 33.3 Å². The van der Waals surface area contributed by atoms with E-state index in [0.717, 1.165) is 0 Å². The van der Waals surface area contributed by atoms with Crippen molar-refractivity contribution < 1.29 is 9.59 Å². The summed E-state index contributed by atoms with van der Waals surface area (Å²) in [7, 11) is 1.68. The third-order valence-electron chi connectivity index (χ3n) is 2.47. The molecule has 0 unspecified atom stereocenters. The molecule has 4 nitrogen and oxygen atoms in total. The van der Waals surface area contributed by atoms with Crippen LogP contribution in [0, 0.1) is 0 Å². The molecule has 0 radical (unpaired) electrons. The molecule has 1 N–H and O–H groups in total. The lowest BCUT2D eigenvalue weighted by Crippen LogP contribution is -2.38. The van der Waals surface area contributed by atoms with Gasteiger partial charge in [0.25, 0.3) is 5.91 Å². The predicted molar refractivity (Wildman–Crippen MR) is 74.8 cm³/mol. The van der Waals surface area contributed by atoms with Gasteiger partial charge >= 0.3 is 0 Å². The number of amides is 2. The second kappa shape index (κ2) is 6.75. The summed E-state index contributed by atoms with van der Waals surface area (Å²) >= 11 is 9.09. The van der Waals surface area contributed by atoms with E-state index in [2.05, 4.69) is 21.2 Å². The number of nitrogens with zero attached hydrogens (tertiary/aromatic N) is 1. The van der Waals surface area contributed by atoms with Crippen molar-refractivity contribution in [2.45, 2.75) is 6.92 Å². The van der Waals surface area contributed by atoms with E-state index in [1.807, 2.05) is 6.92 Å². The topological polar surface area (TPSA) is 49.4 Å². The number of carbonyl (C=O) groups is 2. The summed E-state index contributed by atoms with van der Waals surface area (Å²) in [4.78, 5) is 24.9. The molecule has 0 heterocycles. The second-order valence-electron chi connectivity index (χ2n) is 3.71. The maximum absolute atomic E-state index is 11.9. The van der Waals surface area contributed by atoms with Crippen molar-refractivity contribution in [1.29, 1.82) is 0 Å². The van der Waals surface area contributed by atoms with Gasteiger partial charge in [0.1, 0.15) is 0 Å². The van der Waals surface area contributed by atoms with E-state index in [1.165, 1.54) is 4.90 Å². The molecular formula is C12H14BrClN2O2. The highest BCUT2D eigenvalue weighted by Crippen LogP contribution is 2.20. The Morgan fingerprint density at radius 2 is 2.11 bits per heavy atom. The van der Waals surface area contributed by atoms with Gasteiger partial charge in [-0.2, -0.15) is 0 Å². The summed E-state index contributed by atoms with van der Waals surface area (Å²) in [5.74, 6) is -0.466. The highest BCUT2D eigenvalue weighted by molar-refractivity contribution is 9.10. The lowest BCUT2D eigenvalue weighted by Gasteiger charge is -2.15. The molecule has 1 aromatic carbocycles. The van der Waals surface area contributed by atoms with Crippen LogP contribution in [0.2, 0.25) is 5.02 Å². The molecule has 2 amide bonds. The summed E-state index contributed by atoms with van der Waals surface area (Å²) in [6.07, 6.45) is 0. The molecule has 0 aliphatic heterocycles. The summed E-state index contributed by atoms with van der Waals surface area (Å²) in [6.45, 7) is 2.45. The normalized spacial score (nSPS) is 10.0. The van der Waals surface area contributed by atoms with Gasteiger partial charge in [-0.15, -0.1) is 0 Å². The molecule has 1 aromatic rings. The Hall–Kier alpha value is -1.07. The number of carbonyl (C=O) groups excluding carboxylic acids is 2. The highest BCUT2D eigenvalue weighted by atomic mass is 79.9. The van der Waals surface area contributed by atoms with Crippen LogP contribution in [0.4, 0.5) is 0 Å². The van der Waals surface area contributed by atoms with E-state index >= 15 is 0 Å². The molecule has 18 heavy (non-hydrogen) atoms. The Balaban J connectivity index is 2.66. The first-order valence-corrected chi connectivity index (χ1v) is 6.60. The minimum atomic E-state index is -0.331. The molecule has 0 aromatic heterocycles. The van der Waals surface area contributed by atoms with E-state index in [0.29, 0.717) is 21.6 Å². The molecule has 0 saturated carbocycles. The monoisotopic (exact) mass is 332 g/mol. The van der Waals surface area contributed by atoms with Crippen molar-refractivity contribution >= 4 is 39.3 Å². The number of halogens is 2. The van der Waals surface area contributed by atoms with Gasteiger partial charge in [-0.3, -0.25) is 9.59 Å². The van der Waals surface area contributed by atoms with Gasteiger partial charge in [0.15, 0.2) is 0 Å². The summed E-state index contributed by atoms with van der Waals surface area (Å²) in [5.41, 5.74) is 0.412. The average molecular weight is 334 g/mol. The summed E-state index contributed by atoms with van der Waals surface area (Å²) in [6, 6.07) is 4.92. The zero-order chi connectivity index (χ0) is 13.7. The van der Waals surface area contributed by atoms with Gasteiger partial charge in [0.2, 0.25) is 5.91 Å². The first-order chi connectivity index (χ1) is 8.45. The van der Waals surface area contributed by atoms with E-state index < -0.39 is 0 Å². The van der Waals surface area contributed by atoms with Gasteiger partial charge < -0.3 is 10.2 Å². The fourth-order valence-electron chi connectivity index (χ4n) is 1.23. The van der Waals surface area contributed by atoms with Crippen molar-refractivity contribution in [1.82, 2.24) is 10.2 Å². The van der Waals surface area contributed by atoms with Crippen LogP contribution in [0.3, 0.4) is 0 Å². The highest BCUT2D eigenvalue weighted by Gasteiger charge is 2.13. The first kappa shape index (κ1) is 15.0. The van der Waals surface area contributed by atoms with Crippen LogP contribution < -0.4 is 5.32 Å². The number of benzene rings is 1. The van der Waals surface area contributed by atoms with Crippen LogP contribution >= 0.6 is 27.5 Å². The predicted octanol–water partition coefficient (Wildman–Crippen LogP) is 2.31. The second-order valence-corrected chi connectivity index (χ2v) is 5.01. The van der Waals surface area contributed by atoms with Crippen LogP contribution in [0.15, 0.2) is 22.7 Å². The Morgan fingerprint density at radius 1 is 1.44 bits per heavy atom. The largest absolute Gasteiger partial charge is 0.345 e. The van der Waals surface area contributed by atoms with Gasteiger partial charge in [0, 0.05) is 23.1 Å². The standard InChI is InChI=1S/C12H14BrClN2O2/c1-3-16(2)11(17)7-15-12(18)9-6-8(14)4-5-10(9)13/h4-6H,3,7H2,1-2H3,(H,15,18). The zero-order valence-electron chi connectivity index (χ0n) is 10.2. The quantitative estimate of drug-likeness (QED) is 0.919. The number of hydrogen-bond donors (Lipinski definition) is 1. The fourth-order valence-corrected chi connectivity index (χ4v) is 1.83. The zero-order valence-corrected chi connectivity index (χ0v) is 12.5. The number of rotatable bonds is 4. The van der Waals surface area contributed by atoms with Crippen LogP contribution in [-0.4, -0.2) is 36.9 Å². The SMILES string of the molecule is CCN(C)C(=O)CNC(=O)c1cc(Cl)ccc1Br. The Kier molecular flexibility index (Phi) is 5.62. The molecule has 0 atom stereocenters. The van der Waals surface area contributed by atoms with Gasteiger partial charge in [-0.25, -0.2) is 0 Å². The average Bonchev–Trinajstić information content (AvgIpc) is 2.37. The lowest BCUT2D eigenvalue weighted by molar-refractivity contribution is -0.128. The maximum atomic E-state index is 11.9. The Morgan fingerprint density at radius 3 is 2.72 bits per heavy atom. The molecule has 0 fully saturated rings. The third-order valence-corrected chi connectivity index (χ3v) is 3.40. The van der Waals surface area contributed by atoms with Crippen molar-refractivity contribution in [2.75, 3.05) is 20.1 Å². The Labute approximate surface area is 119 Å². The smallest absolute Gasteiger partial charge is 0.252 e. The number of hydrogen-bond acceptors (Lipinski definition) is 2.